The number of carbonyl (C=O) groups excluding carboxylic acids is 1. The number of rotatable bonds is 7. The molecule has 0 radical (unpaired) electrons. The molecule has 1 fully saturated rings. The Balaban J connectivity index is 1.97. The Morgan fingerprint density at radius 3 is 2.53 bits per heavy atom. The van der Waals surface area contributed by atoms with Gasteiger partial charge in [0.1, 0.15) is 9.84 Å². The van der Waals surface area contributed by atoms with Crippen molar-refractivity contribution >= 4 is 15.7 Å². The third kappa shape index (κ3) is 7.33. The van der Waals surface area contributed by atoms with E-state index in [9.17, 15) is 13.2 Å². The van der Waals surface area contributed by atoms with Crippen LogP contribution in [-0.4, -0.2) is 45.5 Å². The fourth-order valence-electron chi connectivity index (χ4n) is 1.13. The van der Waals surface area contributed by atoms with E-state index in [0.717, 1.165) is 12.8 Å². The number of amides is 1. The molecule has 88 valence electrons. The van der Waals surface area contributed by atoms with Crippen LogP contribution in [0.3, 0.4) is 0 Å². The molecule has 15 heavy (non-hydrogen) atoms. The van der Waals surface area contributed by atoms with Gasteiger partial charge in [0.25, 0.3) is 0 Å². The Morgan fingerprint density at radius 2 is 2.00 bits per heavy atom. The monoisotopic (exact) mass is 234 g/mol. The highest BCUT2D eigenvalue weighted by molar-refractivity contribution is 7.90. The van der Waals surface area contributed by atoms with Crippen molar-refractivity contribution in [3.05, 3.63) is 0 Å². The average Bonchev–Trinajstić information content (AvgIpc) is 2.91. The highest BCUT2D eigenvalue weighted by Crippen LogP contribution is 2.17. The van der Waals surface area contributed by atoms with Gasteiger partial charge in [-0.15, -0.1) is 0 Å². The summed E-state index contributed by atoms with van der Waals surface area (Å²) >= 11 is 0. The van der Waals surface area contributed by atoms with Crippen molar-refractivity contribution in [3.63, 3.8) is 0 Å². The molecule has 1 amide bonds. The van der Waals surface area contributed by atoms with Crippen molar-refractivity contribution in [3.8, 4) is 0 Å². The van der Waals surface area contributed by atoms with Crippen LogP contribution in [0.5, 0.6) is 0 Å². The van der Waals surface area contributed by atoms with Gasteiger partial charge >= 0.3 is 0 Å². The Kier molecular flexibility index (Phi) is 4.53. The maximum absolute atomic E-state index is 11.1. The van der Waals surface area contributed by atoms with Crippen LogP contribution in [0.2, 0.25) is 0 Å². The van der Waals surface area contributed by atoms with E-state index < -0.39 is 9.84 Å². The molecule has 0 aromatic heterocycles. The third-order valence-electron chi connectivity index (χ3n) is 2.16. The maximum atomic E-state index is 11.1. The zero-order valence-corrected chi connectivity index (χ0v) is 9.77. The largest absolute Gasteiger partial charge is 0.355 e. The van der Waals surface area contributed by atoms with E-state index in [1.165, 1.54) is 12.8 Å². The summed E-state index contributed by atoms with van der Waals surface area (Å²) in [7, 11) is -3.03. The Morgan fingerprint density at radius 1 is 1.33 bits per heavy atom. The van der Waals surface area contributed by atoms with Crippen LogP contribution in [0.25, 0.3) is 0 Å². The SMILES string of the molecule is CS(=O)(=O)CCC(=O)NCCNC1CC1. The van der Waals surface area contributed by atoms with Crippen molar-refractivity contribution in [1.82, 2.24) is 10.6 Å². The minimum absolute atomic E-state index is 0.0578. The summed E-state index contributed by atoms with van der Waals surface area (Å²) in [5, 5.41) is 5.92. The summed E-state index contributed by atoms with van der Waals surface area (Å²) < 4.78 is 21.5. The lowest BCUT2D eigenvalue weighted by atomic mass is 10.4. The summed E-state index contributed by atoms with van der Waals surface area (Å²) in [6.07, 6.45) is 3.64. The van der Waals surface area contributed by atoms with Crippen molar-refractivity contribution < 1.29 is 13.2 Å². The lowest BCUT2D eigenvalue weighted by molar-refractivity contribution is -0.120. The lowest BCUT2D eigenvalue weighted by Gasteiger charge is -2.05. The molecule has 0 aromatic carbocycles. The molecule has 2 N–H and O–H groups in total. The smallest absolute Gasteiger partial charge is 0.221 e. The summed E-state index contributed by atoms with van der Waals surface area (Å²) in [6.45, 7) is 1.33. The third-order valence-corrected chi connectivity index (χ3v) is 3.10. The lowest BCUT2D eigenvalue weighted by Crippen LogP contribution is -2.33. The van der Waals surface area contributed by atoms with Gasteiger partial charge in [0.15, 0.2) is 0 Å². The van der Waals surface area contributed by atoms with Gasteiger partial charge < -0.3 is 10.6 Å². The summed E-state index contributed by atoms with van der Waals surface area (Å²) in [5.41, 5.74) is 0. The molecule has 5 nitrogen and oxygen atoms in total. The second kappa shape index (κ2) is 5.46. The standard InChI is InChI=1S/C9H18N2O3S/c1-15(13,14)7-4-9(12)11-6-5-10-8-2-3-8/h8,10H,2-7H2,1H3,(H,11,12). The second-order valence-corrected chi connectivity index (χ2v) is 6.22. The van der Waals surface area contributed by atoms with Crippen LogP contribution >= 0.6 is 0 Å². The Labute approximate surface area is 90.5 Å². The Hall–Kier alpha value is -0.620. The first-order valence-electron chi connectivity index (χ1n) is 5.15. The Bertz CT molecular complexity index is 309. The van der Waals surface area contributed by atoms with E-state index in [4.69, 9.17) is 0 Å². The van der Waals surface area contributed by atoms with Gasteiger partial charge in [0.05, 0.1) is 5.75 Å². The number of sulfone groups is 1. The van der Waals surface area contributed by atoms with Crippen LogP contribution in [0.1, 0.15) is 19.3 Å². The quantitative estimate of drug-likeness (QED) is 0.571. The van der Waals surface area contributed by atoms with Gasteiger partial charge in [0.2, 0.25) is 5.91 Å². The van der Waals surface area contributed by atoms with Gasteiger partial charge in [-0.25, -0.2) is 8.42 Å². The number of hydrogen-bond donors (Lipinski definition) is 2. The second-order valence-electron chi connectivity index (χ2n) is 3.96. The molecule has 1 rings (SSSR count). The molecule has 0 aliphatic heterocycles. The first kappa shape index (κ1) is 12.4. The normalized spacial score (nSPS) is 16.3. The summed E-state index contributed by atoms with van der Waals surface area (Å²) in [5.74, 6) is -0.271. The molecule has 0 atom stereocenters. The number of hydrogen-bond acceptors (Lipinski definition) is 4. The first-order chi connectivity index (χ1) is 6.97. The first-order valence-corrected chi connectivity index (χ1v) is 7.21. The minimum atomic E-state index is -3.03. The highest BCUT2D eigenvalue weighted by Gasteiger charge is 2.19. The van der Waals surface area contributed by atoms with E-state index >= 15 is 0 Å². The molecule has 1 aliphatic rings. The van der Waals surface area contributed by atoms with Gasteiger partial charge in [0, 0.05) is 31.8 Å². The van der Waals surface area contributed by atoms with Crippen molar-refractivity contribution in [1.29, 1.82) is 0 Å². The molecule has 1 saturated carbocycles. The van der Waals surface area contributed by atoms with Crippen LogP contribution in [-0.2, 0) is 14.6 Å². The van der Waals surface area contributed by atoms with Crippen molar-refractivity contribution in [2.24, 2.45) is 0 Å². The average molecular weight is 234 g/mol. The molecule has 0 bridgehead atoms. The van der Waals surface area contributed by atoms with E-state index in [-0.39, 0.29) is 18.1 Å². The fraction of sp³-hybridized carbons (Fsp3) is 0.889. The maximum Gasteiger partial charge on any atom is 0.221 e. The summed E-state index contributed by atoms with van der Waals surface area (Å²) in [6, 6.07) is 0.637. The molecular formula is C9H18N2O3S. The molecule has 0 spiro atoms. The van der Waals surface area contributed by atoms with Crippen LogP contribution in [0.15, 0.2) is 0 Å². The van der Waals surface area contributed by atoms with E-state index in [1.54, 1.807) is 0 Å². The van der Waals surface area contributed by atoms with E-state index in [2.05, 4.69) is 10.6 Å². The minimum Gasteiger partial charge on any atom is -0.355 e. The van der Waals surface area contributed by atoms with Crippen LogP contribution < -0.4 is 10.6 Å². The molecular weight excluding hydrogens is 216 g/mol. The van der Waals surface area contributed by atoms with Gasteiger partial charge in [-0.05, 0) is 12.8 Å². The highest BCUT2D eigenvalue weighted by atomic mass is 32.2. The zero-order valence-electron chi connectivity index (χ0n) is 8.95. The fourth-order valence-corrected chi connectivity index (χ4v) is 1.69. The zero-order chi connectivity index (χ0) is 11.3. The van der Waals surface area contributed by atoms with Crippen molar-refractivity contribution in [2.75, 3.05) is 25.1 Å². The van der Waals surface area contributed by atoms with Gasteiger partial charge in [-0.3, -0.25) is 4.79 Å². The van der Waals surface area contributed by atoms with Crippen molar-refractivity contribution in [2.45, 2.75) is 25.3 Å². The van der Waals surface area contributed by atoms with Gasteiger partial charge in [-0.2, -0.15) is 0 Å². The molecule has 6 heteroatoms. The molecule has 1 aliphatic carbocycles. The van der Waals surface area contributed by atoms with Gasteiger partial charge in [-0.1, -0.05) is 0 Å². The molecule has 0 unspecified atom stereocenters. The predicted octanol–water partition coefficient (Wildman–Crippen LogP) is -0.711. The molecule has 0 aromatic rings. The van der Waals surface area contributed by atoms with E-state index in [0.29, 0.717) is 12.6 Å². The van der Waals surface area contributed by atoms with Crippen LogP contribution in [0.4, 0.5) is 0 Å². The van der Waals surface area contributed by atoms with E-state index in [1.807, 2.05) is 0 Å². The molecule has 0 saturated heterocycles. The number of nitrogens with one attached hydrogen (secondary N) is 2. The number of carbonyl (C=O) groups is 1. The topological polar surface area (TPSA) is 75.3 Å². The molecule has 0 heterocycles. The summed E-state index contributed by atoms with van der Waals surface area (Å²) in [4.78, 5) is 11.1. The van der Waals surface area contributed by atoms with Crippen LogP contribution in [0, 0.1) is 0 Å². The predicted molar refractivity (Wildman–Crippen MR) is 58.4 cm³/mol.